The highest BCUT2D eigenvalue weighted by atomic mass is 15.3. The molecule has 7 heteroatoms. The largest absolute Gasteiger partial charge is 0.356 e. The summed E-state index contributed by atoms with van der Waals surface area (Å²) in [5.74, 6) is 3.77. The smallest absolute Gasteiger partial charge is 0.180 e. The summed E-state index contributed by atoms with van der Waals surface area (Å²) in [7, 11) is 0. The quantitative estimate of drug-likeness (QED) is 0.710. The first-order valence-electron chi connectivity index (χ1n) is 9.57. The van der Waals surface area contributed by atoms with E-state index in [0.29, 0.717) is 17.8 Å². The van der Waals surface area contributed by atoms with Crippen LogP contribution < -0.4 is 9.80 Å². The lowest BCUT2D eigenvalue weighted by Gasteiger charge is -2.23. The Bertz CT molecular complexity index is 959. The molecule has 2 aliphatic heterocycles. The van der Waals surface area contributed by atoms with E-state index < -0.39 is 0 Å². The molecule has 2 saturated heterocycles. The van der Waals surface area contributed by atoms with Gasteiger partial charge >= 0.3 is 0 Å². The van der Waals surface area contributed by atoms with Crippen molar-refractivity contribution in [3.05, 3.63) is 42.6 Å². The molecule has 5 rings (SSSR count). The van der Waals surface area contributed by atoms with Gasteiger partial charge < -0.3 is 9.80 Å². The Kier molecular flexibility index (Phi) is 3.88. The average Bonchev–Trinajstić information content (AvgIpc) is 3.27. The van der Waals surface area contributed by atoms with Gasteiger partial charge in [0.25, 0.3) is 0 Å². The van der Waals surface area contributed by atoms with Gasteiger partial charge in [0.2, 0.25) is 0 Å². The number of aromatic nitrogens is 5. The number of rotatable bonds is 3. The minimum atomic E-state index is 0.423. The molecule has 0 aromatic carbocycles. The van der Waals surface area contributed by atoms with Crippen LogP contribution in [0.5, 0.6) is 0 Å². The Balaban J connectivity index is 1.31. The molecule has 5 heterocycles. The minimum absolute atomic E-state index is 0.423. The second kappa shape index (κ2) is 6.40. The lowest BCUT2D eigenvalue weighted by molar-refractivity contribution is 0.533. The van der Waals surface area contributed by atoms with E-state index in [-0.39, 0.29) is 0 Å². The van der Waals surface area contributed by atoms with Gasteiger partial charge in [-0.1, -0.05) is 13.8 Å². The SMILES string of the molecule is CC(C)c1cc(N2CC3CN(c4ccc5nccnc5n4)CC3C2)ncn1. The first-order chi connectivity index (χ1) is 13.2. The van der Waals surface area contributed by atoms with Crippen molar-refractivity contribution in [3.8, 4) is 0 Å². The summed E-state index contributed by atoms with van der Waals surface area (Å²) in [6.45, 7) is 8.49. The molecular formula is C20H23N7. The summed E-state index contributed by atoms with van der Waals surface area (Å²) in [6.07, 6.45) is 5.10. The van der Waals surface area contributed by atoms with Crippen LogP contribution in [-0.2, 0) is 0 Å². The molecule has 3 aromatic rings. The van der Waals surface area contributed by atoms with Crippen LogP contribution in [0.1, 0.15) is 25.5 Å². The predicted octanol–water partition coefficient (Wildman–Crippen LogP) is 2.51. The monoisotopic (exact) mass is 361 g/mol. The number of pyridine rings is 1. The third kappa shape index (κ3) is 2.97. The molecule has 7 nitrogen and oxygen atoms in total. The lowest BCUT2D eigenvalue weighted by Crippen LogP contribution is -2.29. The molecule has 0 spiro atoms. The first-order valence-corrected chi connectivity index (χ1v) is 9.57. The summed E-state index contributed by atoms with van der Waals surface area (Å²) < 4.78 is 0. The summed E-state index contributed by atoms with van der Waals surface area (Å²) >= 11 is 0. The van der Waals surface area contributed by atoms with Crippen LogP contribution in [0.15, 0.2) is 36.9 Å². The van der Waals surface area contributed by atoms with Crippen LogP contribution in [0, 0.1) is 11.8 Å². The van der Waals surface area contributed by atoms with E-state index in [2.05, 4.69) is 55.7 Å². The molecule has 0 saturated carbocycles. The fraction of sp³-hybridized carbons (Fsp3) is 0.450. The summed E-state index contributed by atoms with van der Waals surface area (Å²) in [4.78, 5) is 27.1. The van der Waals surface area contributed by atoms with E-state index in [1.807, 2.05) is 6.07 Å². The van der Waals surface area contributed by atoms with E-state index in [0.717, 1.165) is 54.7 Å². The van der Waals surface area contributed by atoms with Crippen molar-refractivity contribution >= 4 is 22.8 Å². The van der Waals surface area contributed by atoms with Crippen LogP contribution >= 0.6 is 0 Å². The zero-order valence-corrected chi connectivity index (χ0v) is 15.7. The maximum atomic E-state index is 4.71. The number of nitrogens with zero attached hydrogens (tertiary/aromatic N) is 7. The van der Waals surface area contributed by atoms with Gasteiger partial charge in [0.05, 0.1) is 0 Å². The Morgan fingerprint density at radius 3 is 2.30 bits per heavy atom. The van der Waals surface area contributed by atoms with Crippen molar-refractivity contribution in [2.75, 3.05) is 36.0 Å². The van der Waals surface area contributed by atoms with Crippen molar-refractivity contribution < 1.29 is 0 Å². The zero-order chi connectivity index (χ0) is 18.4. The second-order valence-electron chi connectivity index (χ2n) is 7.85. The molecule has 0 bridgehead atoms. The summed E-state index contributed by atoms with van der Waals surface area (Å²) in [6, 6.07) is 6.22. The fourth-order valence-corrected chi connectivity index (χ4v) is 4.24. The average molecular weight is 361 g/mol. The number of hydrogen-bond acceptors (Lipinski definition) is 7. The van der Waals surface area contributed by atoms with Gasteiger partial charge in [-0.2, -0.15) is 0 Å². The summed E-state index contributed by atoms with van der Waals surface area (Å²) in [5.41, 5.74) is 2.67. The van der Waals surface area contributed by atoms with Gasteiger partial charge in [0, 0.05) is 62.2 Å². The predicted molar refractivity (Wildman–Crippen MR) is 105 cm³/mol. The van der Waals surface area contributed by atoms with Crippen molar-refractivity contribution in [2.45, 2.75) is 19.8 Å². The van der Waals surface area contributed by atoms with E-state index in [1.165, 1.54) is 0 Å². The minimum Gasteiger partial charge on any atom is -0.356 e. The molecule has 0 N–H and O–H groups in total. The molecule has 0 radical (unpaired) electrons. The van der Waals surface area contributed by atoms with E-state index in [1.54, 1.807) is 18.7 Å². The first kappa shape index (κ1) is 16.4. The van der Waals surface area contributed by atoms with E-state index in [9.17, 15) is 0 Å². The van der Waals surface area contributed by atoms with Crippen LogP contribution in [0.25, 0.3) is 11.2 Å². The van der Waals surface area contributed by atoms with Gasteiger partial charge in [0.1, 0.15) is 23.5 Å². The van der Waals surface area contributed by atoms with Crippen molar-refractivity contribution in [1.82, 2.24) is 24.9 Å². The van der Waals surface area contributed by atoms with Gasteiger partial charge in [-0.25, -0.2) is 19.9 Å². The number of fused-ring (bicyclic) bond motifs is 2. The van der Waals surface area contributed by atoms with Crippen LogP contribution in [0.4, 0.5) is 11.6 Å². The molecule has 3 aromatic heterocycles. The molecule has 2 fully saturated rings. The molecular weight excluding hydrogens is 338 g/mol. The Morgan fingerprint density at radius 2 is 1.56 bits per heavy atom. The highest BCUT2D eigenvalue weighted by Gasteiger charge is 2.41. The molecule has 2 aliphatic rings. The third-order valence-corrected chi connectivity index (χ3v) is 5.72. The maximum absolute atomic E-state index is 4.71. The molecule has 138 valence electrons. The lowest BCUT2D eigenvalue weighted by atomic mass is 10.0. The second-order valence-corrected chi connectivity index (χ2v) is 7.85. The number of anilines is 2. The van der Waals surface area contributed by atoms with Crippen LogP contribution in [0.2, 0.25) is 0 Å². The normalized spacial score (nSPS) is 22.0. The fourth-order valence-electron chi connectivity index (χ4n) is 4.24. The molecule has 27 heavy (non-hydrogen) atoms. The van der Waals surface area contributed by atoms with Gasteiger partial charge in [-0.15, -0.1) is 0 Å². The highest BCUT2D eigenvalue weighted by Crippen LogP contribution is 2.35. The van der Waals surface area contributed by atoms with Gasteiger partial charge in [-0.05, 0) is 18.1 Å². The van der Waals surface area contributed by atoms with Crippen molar-refractivity contribution in [1.29, 1.82) is 0 Å². The van der Waals surface area contributed by atoms with Crippen LogP contribution in [0.3, 0.4) is 0 Å². The standard InChI is InChI=1S/C20H23N7/c1-13(2)17-7-19(24-12-23-17)27-10-14-8-26(9-15(14)11-27)18-4-3-16-20(25-18)22-6-5-21-16/h3-7,12-15H,8-11H2,1-2H3. The van der Waals surface area contributed by atoms with Crippen LogP contribution in [-0.4, -0.2) is 51.1 Å². The molecule has 2 atom stereocenters. The molecule has 0 amide bonds. The Hall–Kier alpha value is -2.83. The van der Waals surface area contributed by atoms with E-state index in [4.69, 9.17) is 4.98 Å². The number of hydrogen-bond donors (Lipinski definition) is 0. The summed E-state index contributed by atoms with van der Waals surface area (Å²) in [5, 5.41) is 0. The maximum Gasteiger partial charge on any atom is 0.180 e. The van der Waals surface area contributed by atoms with Gasteiger partial charge in [-0.3, -0.25) is 4.98 Å². The molecule has 0 aliphatic carbocycles. The van der Waals surface area contributed by atoms with Crippen molar-refractivity contribution in [3.63, 3.8) is 0 Å². The van der Waals surface area contributed by atoms with Gasteiger partial charge in [0.15, 0.2) is 5.65 Å². The Morgan fingerprint density at radius 1 is 0.852 bits per heavy atom. The zero-order valence-electron chi connectivity index (χ0n) is 15.7. The Labute approximate surface area is 158 Å². The molecule has 2 unspecified atom stereocenters. The topological polar surface area (TPSA) is 70.9 Å². The highest BCUT2D eigenvalue weighted by molar-refractivity contribution is 5.71. The third-order valence-electron chi connectivity index (χ3n) is 5.72. The van der Waals surface area contributed by atoms with Crippen molar-refractivity contribution in [2.24, 2.45) is 11.8 Å². The van der Waals surface area contributed by atoms with E-state index >= 15 is 0 Å².